The summed E-state index contributed by atoms with van der Waals surface area (Å²) >= 11 is 0. The highest BCUT2D eigenvalue weighted by atomic mass is 16.5. The zero-order chi connectivity index (χ0) is 14.3. The van der Waals surface area contributed by atoms with Crippen LogP contribution >= 0.6 is 0 Å². The third kappa shape index (κ3) is 2.08. The summed E-state index contributed by atoms with van der Waals surface area (Å²) in [6.45, 7) is 2.85. The second kappa shape index (κ2) is 4.72. The van der Waals surface area contributed by atoms with Gasteiger partial charge in [-0.05, 0) is 25.5 Å². The number of aromatic nitrogens is 2. The van der Waals surface area contributed by atoms with Gasteiger partial charge in [0.1, 0.15) is 0 Å². The van der Waals surface area contributed by atoms with Crippen molar-refractivity contribution in [2.24, 2.45) is 0 Å². The maximum Gasteiger partial charge on any atom is 0.337 e. The van der Waals surface area contributed by atoms with Crippen molar-refractivity contribution >= 4 is 16.9 Å². The van der Waals surface area contributed by atoms with Crippen molar-refractivity contribution in [2.75, 3.05) is 6.61 Å². The molecule has 1 aliphatic rings. The molecule has 1 N–H and O–H groups in total. The minimum atomic E-state index is -1.07. The quantitative estimate of drug-likeness (QED) is 0.909. The third-order valence-corrected chi connectivity index (χ3v) is 3.57. The molecule has 20 heavy (non-hydrogen) atoms. The van der Waals surface area contributed by atoms with Crippen LogP contribution in [0, 0.1) is 6.92 Å². The van der Waals surface area contributed by atoms with Gasteiger partial charge in [-0.3, -0.25) is 9.78 Å². The van der Waals surface area contributed by atoms with Crippen LogP contribution in [-0.4, -0.2) is 33.3 Å². The first-order valence-corrected chi connectivity index (χ1v) is 6.42. The standard InChI is InChI=1S/C14H14N2O4/c1-8-10(14(18)19)6-11-12(15-8)2-4-16(13(11)17)7-9-3-5-20-9/h2,4,6,9H,3,5,7H2,1H3,(H,18,19). The molecule has 3 rings (SSSR count). The lowest BCUT2D eigenvalue weighted by molar-refractivity contribution is -0.0596. The van der Waals surface area contributed by atoms with Gasteiger partial charge in [-0.15, -0.1) is 0 Å². The predicted octanol–water partition coefficient (Wildman–Crippen LogP) is 1.19. The molecule has 3 heterocycles. The van der Waals surface area contributed by atoms with E-state index >= 15 is 0 Å². The Bertz CT molecular complexity index is 747. The van der Waals surface area contributed by atoms with Crippen LogP contribution in [0.5, 0.6) is 0 Å². The van der Waals surface area contributed by atoms with Gasteiger partial charge >= 0.3 is 5.97 Å². The van der Waals surface area contributed by atoms with Crippen LogP contribution in [0.15, 0.2) is 23.1 Å². The van der Waals surface area contributed by atoms with E-state index in [1.807, 2.05) is 0 Å². The average Bonchev–Trinajstić information content (AvgIpc) is 2.35. The largest absolute Gasteiger partial charge is 0.478 e. The number of carbonyl (C=O) groups is 1. The van der Waals surface area contributed by atoms with Crippen LogP contribution in [0.25, 0.3) is 10.9 Å². The number of nitrogens with zero attached hydrogens (tertiary/aromatic N) is 2. The van der Waals surface area contributed by atoms with Gasteiger partial charge in [0.05, 0.1) is 34.8 Å². The molecule has 104 valence electrons. The number of hydrogen-bond donors (Lipinski definition) is 1. The Labute approximate surface area is 114 Å². The molecule has 2 aromatic heterocycles. The maximum absolute atomic E-state index is 12.4. The van der Waals surface area contributed by atoms with Gasteiger partial charge in [-0.25, -0.2) is 4.79 Å². The van der Waals surface area contributed by atoms with Gasteiger partial charge in [0.15, 0.2) is 0 Å². The summed E-state index contributed by atoms with van der Waals surface area (Å²) in [7, 11) is 0. The summed E-state index contributed by atoms with van der Waals surface area (Å²) in [6.07, 6.45) is 2.69. The first-order valence-electron chi connectivity index (χ1n) is 6.42. The SMILES string of the molecule is Cc1nc2ccn(CC3CCO3)c(=O)c2cc1C(=O)O. The molecule has 1 unspecified atom stereocenters. The van der Waals surface area contributed by atoms with Crippen LogP contribution < -0.4 is 5.56 Å². The topological polar surface area (TPSA) is 81.4 Å². The molecular weight excluding hydrogens is 260 g/mol. The van der Waals surface area contributed by atoms with E-state index in [-0.39, 0.29) is 17.2 Å². The molecule has 1 saturated heterocycles. The Morgan fingerprint density at radius 2 is 2.35 bits per heavy atom. The number of aromatic carboxylic acids is 1. The number of rotatable bonds is 3. The van der Waals surface area contributed by atoms with Crippen molar-refractivity contribution < 1.29 is 14.6 Å². The molecular formula is C14H14N2O4. The molecule has 1 fully saturated rings. The monoisotopic (exact) mass is 274 g/mol. The Hall–Kier alpha value is -2.21. The number of carboxylic acid groups (broad SMARTS) is 1. The fraction of sp³-hybridized carbons (Fsp3) is 0.357. The summed E-state index contributed by atoms with van der Waals surface area (Å²) in [6, 6.07) is 3.13. The van der Waals surface area contributed by atoms with Gasteiger partial charge in [-0.1, -0.05) is 0 Å². The molecule has 2 aromatic rings. The van der Waals surface area contributed by atoms with E-state index < -0.39 is 5.97 Å². The molecule has 0 amide bonds. The van der Waals surface area contributed by atoms with Crippen LogP contribution in [0.2, 0.25) is 0 Å². The Morgan fingerprint density at radius 3 is 2.95 bits per heavy atom. The van der Waals surface area contributed by atoms with Crippen molar-refractivity contribution in [1.29, 1.82) is 0 Å². The molecule has 0 radical (unpaired) electrons. The lowest BCUT2D eigenvalue weighted by Gasteiger charge is -2.26. The number of carboxylic acids is 1. The average molecular weight is 274 g/mol. The fourth-order valence-electron chi connectivity index (χ4n) is 2.31. The minimum absolute atomic E-state index is 0.0623. The zero-order valence-corrected chi connectivity index (χ0v) is 11.0. The first-order chi connectivity index (χ1) is 9.56. The highest BCUT2D eigenvalue weighted by Gasteiger charge is 2.20. The summed E-state index contributed by atoms with van der Waals surface area (Å²) in [5.74, 6) is -1.07. The second-order valence-corrected chi connectivity index (χ2v) is 4.91. The molecule has 6 heteroatoms. The minimum Gasteiger partial charge on any atom is -0.478 e. The van der Waals surface area contributed by atoms with Crippen LogP contribution in [0.1, 0.15) is 22.5 Å². The molecule has 0 aliphatic carbocycles. The normalized spacial score (nSPS) is 17.9. The first kappa shape index (κ1) is 12.8. The van der Waals surface area contributed by atoms with Crippen LogP contribution in [-0.2, 0) is 11.3 Å². The summed E-state index contributed by atoms with van der Waals surface area (Å²) < 4.78 is 6.86. The molecule has 0 bridgehead atoms. The Kier molecular flexibility index (Phi) is 3.02. The van der Waals surface area contributed by atoms with E-state index in [4.69, 9.17) is 9.84 Å². The second-order valence-electron chi connectivity index (χ2n) is 4.91. The summed E-state index contributed by atoms with van der Waals surface area (Å²) in [5.41, 5.74) is 0.757. The van der Waals surface area contributed by atoms with Crippen molar-refractivity contribution in [3.05, 3.63) is 39.9 Å². The molecule has 1 aliphatic heterocycles. The smallest absolute Gasteiger partial charge is 0.337 e. The highest BCUT2D eigenvalue weighted by Crippen LogP contribution is 2.15. The number of fused-ring (bicyclic) bond motifs is 1. The number of aryl methyl sites for hydroxylation is 1. The molecule has 6 nitrogen and oxygen atoms in total. The van der Waals surface area contributed by atoms with Gasteiger partial charge < -0.3 is 14.4 Å². The number of hydrogen-bond acceptors (Lipinski definition) is 4. The molecule has 0 aromatic carbocycles. The van der Waals surface area contributed by atoms with Crippen LogP contribution in [0.4, 0.5) is 0 Å². The van der Waals surface area contributed by atoms with E-state index in [1.165, 1.54) is 6.07 Å². The van der Waals surface area contributed by atoms with Gasteiger partial charge in [0.25, 0.3) is 5.56 Å². The van der Waals surface area contributed by atoms with Crippen molar-refractivity contribution in [3.8, 4) is 0 Å². The summed E-state index contributed by atoms with van der Waals surface area (Å²) in [4.78, 5) is 27.7. The zero-order valence-electron chi connectivity index (χ0n) is 11.0. The van der Waals surface area contributed by atoms with Crippen molar-refractivity contribution in [3.63, 3.8) is 0 Å². The third-order valence-electron chi connectivity index (χ3n) is 3.57. The highest BCUT2D eigenvalue weighted by molar-refractivity contribution is 5.93. The Balaban J connectivity index is 2.12. The van der Waals surface area contributed by atoms with E-state index in [2.05, 4.69) is 4.98 Å². The lowest BCUT2D eigenvalue weighted by Crippen LogP contribution is -2.35. The molecule has 0 saturated carbocycles. The van der Waals surface area contributed by atoms with Crippen LogP contribution in [0.3, 0.4) is 0 Å². The Morgan fingerprint density at radius 1 is 1.60 bits per heavy atom. The fourth-order valence-corrected chi connectivity index (χ4v) is 2.31. The van der Waals surface area contributed by atoms with Gasteiger partial charge in [-0.2, -0.15) is 0 Å². The number of pyridine rings is 2. The van der Waals surface area contributed by atoms with E-state index in [1.54, 1.807) is 23.8 Å². The lowest BCUT2D eigenvalue weighted by atomic mass is 10.1. The van der Waals surface area contributed by atoms with Crippen molar-refractivity contribution in [2.45, 2.75) is 26.0 Å². The molecule has 0 spiro atoms. The van der Waals surface area contributed by atoms with E-state index in [0.29, 0.717) is 23.1 Å². The van der Waals surface area contributed by atoms with Gasteiger partial charge in [0, 0.05) is 12.8 Å². The summed E-state index contributed by atoms with van der Waals surface area (Å²) in [5, 5.41) is 9.44. The van der Waals surface area contributed by atoms with E-state index in [0.717, 1.165) is 13.0 Å². The molecule has 1 atom stereocenters. The predicted molar refractivity (Wildman–Crippen MR) is 72.1 cm³/mol. The van der Waals surface area contributed by atoms with E-state index in [9.17, 15) is 9.59 Å². The number of ether oxygens (including phenoxy) is 1. The maximum atomic E-state index is 12.4. The van der Waals surface area contributed by atoms with Gasteiger partial charge in [0.2, 0.25) is 0 Å². The van der Waals surface area contributed by atoms with Crippen molar-refractivity contribution in [1.82, 2.24) is 9.55 Å².